The molecule has 2 amide bonds. The maximum atomic E-state index is 12.3. The van der Waals surface area contributed by atoms with Gasteiger partial charge < -0.3 is 10.1 Å². The molecule has 0 aromatic heterocycles. The summed E-state index contributed by atoms with van der Waals surface area (Å²) in [6.45, 7) is 1.23. The normalized spacial score (nSPS) is 13.7. The molecule has 27 heavy (non-hydrogen) atoms. The van der Waals surface area contributed by atoms with Gasteiger partial charge in [0.05, 0.1) is 13.7 Å². The van der Waals surface area contributed by atoms with Gasteiger partial charge >= 0.3 is 6.03 Å². The minimum atomic E-state index is -3.71. The lowest BCUT2D eigenvalue weighted by atomic mass is 10.2. The van der Waals surface area contributed by atoms with E-state index in [4.69, 9.17) is 4.74 Å². The van der Waals surface area contributed by atoms with Crippen molar-refractivity contribution in [3.8, 4) is 17.6 Å². The minimum Gasteiger partial charge on any atom is -0.495 e. The molecule has 140 valence electrons. The van der Waals surface area contributed by atoms with Crippen molar-refractivity contribution >= 4 is 21.7 Å². The van der Waals surface area contributed by atoms with Crippen LogP contribution in [0.15, 0.2) is 53.4 Å². The van der Waals surface area contributed by atoms with Gasteiger partial charge in [-0.1, -0.05) is 24.0 Å². The van der Waals surface area contributed by atoms with Gasteiger partial charge in [0.25, 0.3) is 0 Å². The number of nitrogens with one attached hydrogen (secondary N) is 2. The fraction of sp³-hybridized carbons (Fsp3) is 0.211. The van der Waals surface area contributed by atoms with E-state index in [1.807, 2.05) is 12.1 Å². The van der Waals surface area contributed by atoms with E-state index < -0.39 is 10.0 Å². The molecule has 2 aromatic carbocycles. The average molecular weight is 385 g/mol. The standard InChI is InChI=1S/C19H19N3O4S/c1-26-17-6-2-3-7-18(17)27(24,25)21-12-4-5-15-8-10-16(11-9-15)22-14-13-20-19(22)23/h2-3,6-11,21H,12-14H2,1H3,(H,20,23). The van der Waals surface area contributed by atoms with E-state index in [-0.39, 0.29) is 23.2 Å². The Morgan fingerprint density at radius 3 is 2.59 bits per heavy atom. The molecule has 1 aliphatic heterocycles. The van der Waals surface area contributed by atoms with Crippen molar-refractivity contribution in [2.45, 2.75) is 4.90 Å². The van der Waals surface area contributed by atoms with Crippen LogP contribution in [0.1, 0.15) is 5.56 Å². The van der Waals surface area contributed by atoms with Crippen LogP contribution in [0.3, 0.4) is 0 Å². The highest BCUT2D eigenvalue weighted by atomic mass is 32.2. The topological polar surface area (TPSA) is 87.7 Å². The fourth-order valence-electron chi connectivity index (χ4n) is 2.64. The van der Waals surface area contributed by atoms with Crippen LogP contribution in [0.2, 0.25) is 0 Å². The first-order valence-corrected chi connectivity index (χ1v) is 9.76. The molecule has 1 fully saturated rings. The predicted octanol–water partition coefficient (Wildman–Crippen LogP) is 1.55. The van der Waals surface area contributed by atoms with Gasteiger partial charge in [0.1, 0.15) is 10.6 Å². The van der Waals surface area contributed by atoms with Gasteiger partial charge in [-0.25, -0.2) is 13.2 Å². The number of para-hydroxylation sites is 1. The smallest absolute Gasteiger partial charge is 0.321 e. The Balaban J connectivity index is 1.63. The number of urea groups is 1. The average Bonchev–Trinajstić information content (AvgIpc) is 3.11. The summed E-state index contributed by atoms with van der Waals surface area (Å²) in [6, 6.07) is 13.5. The Labute approximate surface area is 158 Å². The Hall–Kier alpha value is -3.02. The molecule has 0 atom stereocenters. The highest BCUT2D eigenvalue weighted by Gasteiger charge is 2.20. The van der Waals surface area contributed by atoms with Gasteiger partial charge in [-0.05, 0) is 36.4 Å². The number of carbonyl (C=O) groups is 1. The molecule has 0 bridgehead atoms. The number of benzene rings is 2. The predicted molar refractivity (Wildman–Crippen MR) is 102 cm³/mol. The van der Waals surface area contributed by atoms with Crippen molar-refractivity contribution in [3.05, 3.63) is 54.1 Å². The van der Waals surface area contributed by atoms with Crippen molar-refractivity contribution in [2.24, 2.45) is 0 Å². The van der Waals surface area contributed by atoms with E-state index in [1.54, 1.807) is 35.2 Å². The van der Waals surface area contributed by atoms with Crippen LogP contribution in [0.25, 0.3) is 0 Å². The van der Waals surface area contributed by atoms with Gasteiger partial charge in [-0.2, -0.15) is 4.72 Å². The molecule has 2 N–H and O–H groups in total. The number of ether oxygens (including phenoxy) is 1. The molecule has 7 nitrogen and oxygen atoms in total. The molecule has 3 rings (SSSR count). The van der Waals surface area contributed by atoms with Crippen LogP contribution in [-0.4, -0.2) is 41.2 Å². The molecule has 1 heterocycles. The number of nitrogens with zero attached hydrogens (tertiary/aromatic N) is 1. The second-order valence-corrected chi connectivity index (χ2v) is 7.44. The number of amides is 2. The summed E-state index contributed by atoms with van der Waals surface area (Å²) in [5.41, 5.74) is 1.53. The summed E-state index contributed by atoms with van der Waals surface area (Å²) in [5, 5.41) is 2.75. The third-order valence-electron chi connectivity index (χ3n) is 3.98. The second-order valence-electron chi connectivity index (χ2n) is 5.71. The van der Waals surface area contributed by atoms with E-state index in [2.05, 4.69) is 21.9 Å². The SMILES string of the molecule is COc1ccccc1S(=O)(=O)NCC#Cc1ccc(N2CCNC2=O)cc1. The first-order chi connectivity index (χ1) is 13.0. The molecule has 8 heteroatoms. The molecule has 1 saturated heterocycles. The van der Waals surface area contributed by atoms with E-state index in [0.29, 0.717) is 13.1 Å². The highest BCUT2D eigenvalue weighted by Crippen LogP contribution is 2.22. The molecule has 2 aromatic rings. The van der Waals surface area contributed by atoms with Crippen molar-refractivity contribution in [1.82, 2.24) is 10.0 Å². The zero-order valence-electron chi connectivity index (χ0n) is 14.7. The molecule has 1 aliphatic rings. The maximum absolute atomic E-state index is 12.3. The molecular formula is C19H19N3O4S. The van der Waals surface area contributed by atoms with E-state index in [9.17, 15) is 13.2 Å². The molecule has 0 spiro atoms. The molecule has 0 radical (unpaired) electrons. The van der Waals surface area contributed by atoms with Crippen LogP contribution in [-0.2, 0) is 10.0 Å². The molecule has 0 unspecified atom stereocenters. The number of methoxy groups -OCH3 is 1. The monoisotopic (exact) mass is 385 g/mol. The van der Waals surface area contributed by atoms with Crippen molar-refractivity contribution in [2.75, 3.05) is 31.6 Å². The molecule has 0 aliphatic carbocycles. The highest BCUT2D eigenvalue weighted by molar-refractivity contribution is 7.89. The summed E-state index contributed by atoms with van der Waals surface area (Å²) in [7, 11) is -2.29. The summed E-state index contributed by atoms with van der Waals surface area (Å²) in [6.07, 6.45) is 0. The fourth-order valence-corrected chi connectivity index (χ4v) is 3.73. The number of hydrogen-bond acceptors (Lipinski definition) is 4. The third-order valence-corrected chi connectivity index (χ3v) is 5.42. The van der Waals surface area contributed by atoms with E-state index in [1.165, 1.54) is 13.2 Å². The number of sulfonamides is 1. The Morgan fingerprint density at radius 2 is 1.93 bits per heavy atom. The number of anilines is 1. The van der Waals surface area contributed by atoms with Gasteiger partial charge in [0, 0.05) is 24.3 Å². The van der Waals surface area contributed by atoms with Gasteiger partial charge in [-0.3, -0.25) is 4.90 Å². The number of rotatable bonds is 5. The molecular weight excluding hydrogens is 366 g/mol. The quantitative estimate of drug-likeness (QED) is 0.765. The zero-order chi connectivity index (χ0) is 19.3. The Kier molecular flexibility index (Phi) is 5.64. The zero-order valence-corrected chi connectivity index (χ0v) is 15.5. The summed E-state index contributed by atoms with van der Waals surface area (Å²) < 4.78 is 32.2. The first kappa shape index (κ1) is 18.8. The number of carbonyl (C=O) groups excluding carboxylic acids is 1. The Bertz CT molecular complexity index is 992. The van der Waals surface area contributed by atoms with Gasteiger partial charge in [0.15, 0.2) is 0 Å². The first-order valence-electron chi connectivity index (χ1n) is 8.28. The lowest BCUT2D eigenvalue weighted by Gasteiger charge is -2.13. The van der Waals surface area contributed by atoms with Gasteiger partial charge in [0.2, 0.25) is 10.0 Å². The Morgan fingerprint density at radius 1 is 1.19 bits per heavy atom. The van der Waals surface area contributed by atoms with Crippen molar-refractivity contribution < 1.29 is 17.9 Å². The maximum Gasteiger partial charge on any atom is 0.321 e. The van der Waals surface area contributed by atoms with Crippen LogP contribution in [0, 0.1) is 11.8 Å². The lowest BCUT2D eigenvalue weighted by Crippen LogP contribution is -2.27. The van der Waals surface area contributed by atoms with Crippen molar-refractivity contribution in [1.29, 1.82) is 0 Å². The van der Waals surface area contributed by atoms with E-state index in [0.717, 1.165) is 11.3 Å². The summed E-state index contributed by atoms with van der Waals surface area (Å²) in [5.74, 6) is 5.97. The molecule has 0 saturated carbocycles. The number of hydrogen-bond donors (Lipinski definition) is 2. The second kappa shape index (κ2) is 8.12. The largest absolute Gasteiger partial charge is 0.495 e. The van der Waals surface area contributed by atoms with Crippen LogP contribution < -0.4 is 19.7 Å². The summed E-state index contributed by atoms with van der Waals surface area (Å²) >= 11 is 0. The van der Waals surface area contributed by atoms with Crippen LogP contribution in [0.4, 0.5) is 10.5 Å². The van der Waals surface area contributed by atoms with Crippen LogP contribution >= 0.6 is 0 Å². The summed E-state index contributed by atoms with van der Waals surface area (Å²) in [4.78, 5) is 13.4. The van der Waals surface area contributed by atoms with Gasteiger partial charge in [-0.15, -0.1) is 0 Å². The third kappa shape index (κ3) is 4.39. The van der Waals surface area contributed by atoms with Crippen molar-refractivity contribution in [3.63, 3.8) is 0 Å². The lowest BCUT2D eigenvalue weighted by molar-refractivity contribution is 0.252. The van der Waals surface area contributed by atoms with E-state index >= 15 is 0 Å². The minimum absolute atomic E-state index is 0.0311. The van der Waals surface area contributed by atoms with Crippen LogP contribution in [0.5, 0.6) is 5.75 Å².